The molecule has 0 radical (unpaired) electrons. The second-order valence-electron chi connectivity index (χ2n) is 24.2. The standard InChI is InChI=1S/C69H130O17P2/c1-5-9-13-17-21-24-26-28-30-31-32-34-36-38-40-44-48-52-56-69(74)86-65(60-80-67(72)54-50-46-43-39-37-35-33-29-27-25-22-18-14-10-6-2)62-84-88(77,78)82-58-63(70)57-81-87(75,76)83-61-64(59-79-66(71)53-49-45-41-20-16-12-8-4)85-68(73)55-51-47-42-23-19-15-11-7-3/h25,27,29,33,63-65,70H,5-24,26,28,30-32,34-62H2,1-4H3,(H,75,76)(H,77,78)/b27-25-,33-29-/t63-,64+,65+/m0/s1. The van der Waals surface area contributed by atoms with E-state index in [1.54, 1.807) is 0 Å². The van der Waals surface area contributed by atoms with Gasteiger partial charge in [-0.05, 0) is 51.4 Å². The van der Waals surface area contributed by atoms with Crippen LogP contribution in [0.15, 0.2) is 24.3 Å². The van der Waals surface area contributed by atoms with Gasteiger partial charge in [0.1, 0.15) is 19.3 Å². The van der Waals surface area contributed by atoms with E-state index in [1.807, 2.05) is 0 Å². The van der Waals surface area contributed by atoms with Gasteiger partial charge in [-0.1, -0.05) is 283 Å². The minimum atomic E-state index is -4.96. The molecular formula is C69H130O17P2. The zero-order valence-electron chi connectivity index (χ0n) is 56.2. The number of allylic oxidation sites excluding steroid dienone is 4. The molecule has 0 aliphatic heterocycles. The van der Waals surface area contributed by atoms with Gasteiger partial charge in [-0.25, -0.2) is 9.13 Å². The van der Waals surface area contributed by atoms with Crippen LogP contribution in [0.25, 0.3) is 0 Å². The summed E-state index contributed by atoms with van der Waals surface area (Å²) in [7, 11) is -9.90. The molecular weight excluding hydrogens is 1160 g/mol. The maximum absolute atomic E-state index is 13.0. The zero-order valence-corrected chi connectivity index (χ0v) is 58.0. The van der Waals surface area contributed by atoms with Gasteiger partial charge in [0.25, 0.3) is 0 Å². The highest BCUT2D eigenvalue weighted by molar-refractivity contribution is 7.47. The topological polar surface area (TPSA) is 237 Å². The van der Waals surface area contributed by atoms with Crippen molar-refractivity contribution in [1.82, 2.24) is 0 Å². The van der Waals surface area contributed by atoms with Crippen LogP contribution in [-0.2, 0) is 65.4 Å². The summed E-state index contributed by atoms with van der Waals surface area (Å²) in [5.41, 5.74) is 0. The van der Waals surface area contributed by atoms with Crippen molar-refractivity contribution in [1.29, 1.82) is 0 Å². The number of phosphoric ester groups is 2. The number of carbonyl (C=O) groups excluding carboxylic acids is 4. The van der Waals surface area contributed by atoms with Crippen molar-refractivity contribution in [2.24, 2.45) is 0 Å². The van der Waals surface area contributed by atoms with E-state index in [0.717, 1.165) is 128 Å². The summed E-state index contributed by atoms with van der Waals surface area (Å²) in [6.07, 6.45) is 53.8. The van der Waals surface area contributed by atoms with E-state index in [2.05, 4.69) is 52.0 Å². The summed E-state index contributed by atoms with van der Waals surface area (Å²) >= 11 is 0. The first-order valence-electron chi connectivity index (χ1n) is 35.6. The summed E-state index contributed by atoms with van der Waals surface area (Å²) in [6.45, 7) is 4.80. The fourth-order valence-electron chi connectivity index (χ4n) is 9.98. The molecule has 0 fully saturated rings. The van der Waals surface area contributed by atoms with Crippen LogP contribution in [0.5, 0.6) is 0 Å². The number of carbonyl (C=O) groups is 4. The predicted octanol–water partition coefficient (Wildman–Crippen LogP) is 19.4. The van der Waals surface area contributed by atoms with Gasteiger partial charge in [0.05, 0.1) is 26.4 Å². The fourth-order valence-corrected chi connectivity index (χ4v) is 11.6. The average Bonchev–Trinajstić information content (AvgIpc) is 3.61. The van der Waals surface area contributed by atoms with E-state index >= 15 is 0 Å². The Morgan fingerprint density at radius 3 is 0.830 bits per heavy atom. The normalized spacial score (nSPS) is 14.2. The summed E-state index contributed by atoms with van der Waals surface area (Å²) in [6, 6.07) is 0. The van der Waals surface area contributed by atoms with E-state index in [4.69, 9.17) is 37.0 Å². The van der Waals surface area contributed by atoms with Crippen LogP contribution < -0.4 is 0 Å². The van der Waals surface area contributed by atoms with E-state index in [0.29, 0.717) is 25.7 Å². The molecule has 0 aliphatic carbocycles. The van der Waals surface area contributed by atoms with E-state index < -0.39 is 97.5 Å². The Kier molecular flexibility index (Phi) is 61.5. The highest BCUT2D eigenvalue weighted by atomic mass is 31.2. The van der Waals surface area contributed by atoms with Crippen LogP contribution in [0.3, 0.4) is 0 Å². The molecule has 0 aliphatic rings. The highest BCUT2D eigenvalue weighted by Gasteiger charge is 2.30. The molecule has 0 rings (SSSR count). The van der Waals surface area contributed by atoms with Crippen molar-refractivity contribution in [2.45, 2.75) is 354 Å². The number of aliphatic hydroxyl groups excluding tert-OH is 1. The lowest BCUT2D eigenvalue weighted by molar-refractivity contribution is -0.161. The Hall–Kier alpha value is -2.46. The number of esters is 4. The highest BCUT2D eigenvalue weighted by Crippen LogP contribution is 2.45. The molecule has 0 aromatic carbocycles. The first-order valence-corrected chi connectivity index (χ1v) is 38.6. The van der Waals surface area contributed by atoms with E-state index in [-0.39, 0.29) is 25.7 Å². The van der Waals surface area contributed by atoms with Crippen LogP contribution in [0.1, 0.15) is 336 Å². The lowest BCUT2D eigenvalue weighted by Gasteiger charge is -2.21. The van der Waals surface area contributed by atoms with Crippen molar-refractivity contribution < 1.29 is 80.2 Å². The third kappa shape index (κ3) is 62.4. The molecule has 0 amide bonds. The number of rotatable bonds is 68. The first kappa shape index (κ1) is 85.5. The molecule has 0 bridgehead atoms. The average molecular weight is 1290 g/mol. The molecule has 0 saturated heterocycles. The predicted molar refractivity (Wildman–Crippen MR) is 354 cm³/mol. The molecule has 19 heteroatoms. The Bertz CT molecular complexity index is 1780. The van der Waals surface area contributed by atoms with Crippen LogP contribution in [-0.4, -0.2) is 96.7 Å². The van der Waals surface area contributed by atoms with Crippen molar-refractivity contribution >= 4 is 39.5 Å². The third-order valence-electron chi connectivity index (χ3n) is 15.5. The molecule has 0 heterocycles. The van der Waals surface area contributed by atoms with Gasteiger partial charge < -0.3 is 33.8 Å². The van der Waals surface area contributed by atoms with Crippen LogP contribution in [0.4, 0.5) is 0 Å². The molecule has 0 saturated carbocycles. The van der Waals surface area contributed by atoms with Crippen LogP contribution >= 0.6 is 15.6 Å². The van der Waals surface area contributed by atoms with Gasteiger partial charge in [-0.2, -0.15) is 0 Å². The summed E-state index contributed by atoms with van der Waals surface area (Å²) in [5.74, 6) is -2.16. The van der Waals surface area contributed by atoms with E-state index in [9.17, 15) is 43.2 Å². The Morgan fingerprint density at radius 2 is 0.545 bits per heavy atom. The number of hydrogen-bond donors (Lipinski definition) is 3. The largest absolute Gasteiger partial charge is 0.472 e. The second kappa shape index (κ2) is 63.3. The SMILES string of the molecule is CCCCCC/C=C\C=C/CCCCCCCC(=O)OC[C@H](COP(=O)(O)OC[C@@H](O)COP(=O)(O)OC[C@@H](COC(=O)CCCCCCCCC)OC(=O)CCCCCCCCCC)OC(=O)CCCCCCCCCCCCCCCCCCCC. The number of hydrogen-bond acceptors (Lipinski definition) is 15. The lowest BCUT2D eigenvalue weighted by atomic mass is 10.0. The Balaban J connectivity index is 5.20. The van der Waals surface area contributed by atoms with Crippen molar-refractivity contribution in [3.63, 3.8) is 0 Å². The van der Waals surface area contributed by atoms with Gasteiger partial charge >= 0.3 is 39.5 Å². The number of unbranched alkanes of at least 4 members (excludes halogenated alkanes) is 39. The van der Waals surface area contributed by atoms with Gasteiger partial charge in [0.15, 0.2) is 12.2 Å². The molecule has 0 spiro atoms. The first-order chi connectivity index (χ1) is 42.7. The lowest BCUT2D eigenvalue weighted by Crippen LogP contribution is -2.30. The number of aliphatic hydroxyl groups is 1. The van der Waals surface area contributed by atoms with Gasteiger partial charge in [0.2, 0.25) is 0 Å². The van der Waals surface area contributed by atoms with Gasteiger partial charge in [-0.3, -0.25) is 37.3 Å². The number of ether oxygens (including phenoxy) is 4. The molecule has 0 aromatic heterocycles. The minimum Gasteiger partial charge on any atom is -0.462 e. The summed E-state index contributed by atoms with van der Waals surface area (Å²) in [4.78, 5) is 72.2. The van der Waals surface area contributed by atoms with Crippen molar-refractivity contribution in [3.8, 4) is 0 Å². The molecule has 518 valence electrons. The molecule has 0 aromatic rings. The molecule has 3 N–H and O–H groups in total. The Labute approximate surface area is 535 Å². The fraction of sp³-hybridized carbons (Fsp3) is 0.884. The summed E-state index contributed by atoms with van der Waals surface area (Å²) < 4.78 is 68.0. The zero-order chi connectivity index (χ0) is 64.7. The maximum Gasteiger partial charge on any atom is 0.472 e. The molecule has 88 heavy (non-hydrogen) atoms. The molecule has 2 unspecified atom stereocenters. The minimum absolute atomic E-state index is 0.102. The number of phosphoric acid groups is 2. The quantitative estimate of drug-likeness (QED) is 0.0169. The van der Waals surface area contributed by atoms with Crippen LogP contribution in [0, 0.1) is 0 Å². The van der Waals surface area contributed by atoms with Crippen molar-refractivity contribution in [2.75, 3.05) is 39.6 Å². The van der Waals surface area contributed by atoms with Crippen LogP contribution in [0.2, 0.25) is 0 Å². The Morgan fingerprint density at radius 1 is 0.318 bits per heavy atom. The third-order valence-corrected chi connectivity index (χ3v) is 17.4. The van der Waals surface area contributed by atoms with E-state index in [1.165, 1.54) is 128 Å². The summed E-state index contributed by atoms with van der Waals surface area (Å²) in [5, 5.41) is 10.5. The monoisotopic (exact) mass is 1290 g/mol. The maximum atomic E-state index is 13.0. The van der Waals surface area contributed by atoms with Gasteiger partial charge in [-0.15, -0.1) is 0 Å². The molecule has 5 atom stereocenters. The van der Waals surface area contributed by atoms with Gasteiger partial charge in [0, 0.05) is 25.7 Å². The molecule has 17 nitrogen and oxygen atoms in total. The second-order valence-corrected chi connectivity index (χ2v) is 27.1. The smallest absolute Gasteiger partial charge is 0.462 e. The van der Waals surface area contributed by atoms with Crippen molar-refractivity contribution in [3.05, 3.63) is 24.3 Å².